The fourth-order valence-corrected chi connectivity index (χ4v) is 8.25. The van der Waals surface area contributed by atoms with Gasteiger partial charge in [0.1, 0.15) is 13.2 Å². The number of nitrogens with one attached hydrogen (secondary N) is 1. The van der Waals surface area contributed by atoms with Gasteiger partial charge >= 0.3 is 7.82 Å². The molecular formula is C49H100N2O6P+. The molecule has 0 aromatic heterocycles. The van der Waals surface area contributed by atoms with Crippen LogP contribution in [-0.2, 0) is 18.4 Å². The zero-order valence-electron chi connectivity index (χ0n) is 39.3. The highest BCUT2D eigenvalue weighted by Crippen LogP contribution is 2.43. The molecule has 0 aromatic rings. The molecule has 3 atom stereocenters. The zero-order chi connectivity index (χ0) is 42.8. The van der Waals surface area contributed by atoms with Gasteiger partial charge in [0.05, 0.1) is 39.9 Å². The zero-order valence-corrected chi connectivity index (χ0v) is 40.2. The Labute approximate surface area is 361 Å². The van der Waals surface area contributed by atoms with Crippen molar-refractivity contribution in [2.75, 3.05) is 40.9 Å². The van der Waals surface area contributed by atoms with Crippen molar-refractivity contribution in [3.8, 4) is 0 Å². The predicted octanol–water partition coefficient (Wildman–Crippen LogP) is 14.3. The van der Waals surface area contributed by atoms with Crippen molar-refractivity contribution >= 4 is 13.7 Å². The van der Waals surface area contributed by atoms with E-state index in [0.29, 0.717) is 17.4 Å². The number of hydrogen-bond acceptors (Lipinski definition) is 5. The summed E-state index contributed by atoms with van der Waals surface area (Å²) in [5.41, 5.74) is 0. The van der Waals surface area contributed by atoms with E-state index < -0.39 is 20.0 Å². The Kier molecular flexibility index (Phi) is 41.0. The number of carbonyl (C=O) groups is 1. The number of carbonyl (C=O) groups excluding carboxylic acids is 1. The summed E-state index contributed by atoms with van der Waals surface area (Å²) in [6.45, 7) is 4.84. The van der Waals surface area contributed by atoms with Crippen molar-refractivity contribution in [3.05, 3.63) is 12.2 Å². The Morgan fingerprint density at radius 2 is 0.914 bits per heavy atom. The maximum absolute atomic E-state index is 12.9. The fraction of sp³-hybridized carbons (Fsp3) is 0.939. The molecule has 1 amide bonds. The Bertz CT molecular complexity index is 958. The first-order chi connectivity index (χ1) is 28.0. The van der Waals surface area contributed by atoms with Crippen LogP contribution in [0.25, 0.3) is 0 Å². The SMILES string of the molecule is CCCCCCCCCCCCCCCCCCCCCC/C=C/C(O)C(COP(=O)(O)OCC[N+](C)(C)C)NC(=O)CCCCCCCCCCCCCCCC. The molecule has 0 bridgehead atoms. The third kappa shape index (κ3) is 43.3. The van der Waals surface area contributed by atoms with E-state index in [1.807, 2.05) is 27.2 Å². The Hall–Kier alpha value is -0.760. The molecule has 9 heteroatoms. The molecule has 0 heterocycles. The number of likely N-dealkylation sites (N-methyl/N-ethyl adjacent to an activating group) is 1. The maximum Gasteiger partial charge on any atom is 0.472 e. The van der Waals surface area contributed by atoms with Crippen LogP contribution in [0.5, 0.6) is 0 Å². The average molecular weight is 844 g/mol. The molecule has 0 rings (SSSR count). The molecule has 0 saturated heterocycles. The number of aliphatic hydroxyl groups is 1. The summed E-state index contributed by atoms with van der Waals surface area (Å²) < 4.78 is 23.6. The van der Waals surface area contributed by atoms with Gasteiger partial charge in [-0.2, -0.15) is 0 Å². The van der Waals surface area contributed by atoms with E-state index in [2.05, 4.69) is 19.2 Å². The largest absolute Gasteiger partial charge is 0.472 e. The second-order valence-corrected chi connectivity index (χ2v) is 20.0. The van der Waals surface area contributed by atoms with Gasteiger partial charge in [0, 0.05) is 6.42 Å². The third-order valence-electron chi connectivity index (χ3n) is 11.5. The lowest BCUT2D eigenvalue weighted by molar-refractivity contribution is -0.870. The van der Waals surface area contributed by atoms with Crippen LogP contribution in [0, 0.1) is 0 Å². The van der Waals surface area contributed by atoms with E-state index in [-0.39, 0.29) is 19.1 Å². The van der Waals surface area contributed by atoms with Gasteiger partial charge in [0.2, 0.25) is 5.91 Å². The molecule has 0 saturated carbocycles. The van der Waals surface area contributed by atoms with Crippen molar-refractivity contribution in [1.82, 2.24) is 5.32 Å². The molecule has 0 fully saturated rings. The van der Waals surface area contributed by atoms with Crippen LogP contribution in [-0.4, -0.2) is 73.4 Å². The summed E-state index contributed by atoms with van der Waals surface area (Å²) in [6, 6.07) is -0.840. The van der Waals surface area contributed by atoms with Crippen LogP contribution < -0.4 is 5.32 Å². The minimum Gasteiger partial charge on any atom is -0.387 e. The Morgan fingerprint density at radius 1 is 0.569 bits per heavy atom. The van der Waals surface area contributed by atoms with E-state index in [9.17, 15) is 19.4 Å². The molecule has 0 radical (unpaired) electrons. The molecule has 346 valence electrons. The highest BCUT2D eigenvalue weighted by Gasteiger charge is 2.27. The molecule has 3 unspecified atom stereocenters. The first-order valence-corrected chi connectivity index (χ1v) is 26.6. The number of hydrogen-bond donors (Lipinski definition) is 3. The first kappa shape index (κ1) is 57.2. The number of allylic oxidation sites excluding steroid dienone is 1. The second kappa shape index (κ2) is 41.6. The van der Waals surface area contributed by atoms with Crippen molar-refractivity contribution in [3.63, 3.8) is 0 Å². The lowest BCUT2D eigenvalue weighted by Gasteiger charge is -2.25. The van der Waals surface area contributed by atoms with E-state index in [4.69, 9.17) is 9.05 Å². The predicted molar refractivity (Wildman–Crippen MR) is 249 cm³/mol. The molecule has 58 heavy (non-hydrogen) atoms. The molecule has 0 aliphatic rings. The first-order valence-electron chi connectivity index (χ1n) is 25.1. The van der Waals surface area contributed by atoms with Crippen LogP contribution in [0.15, 0.2) is 12.2 Å². The molecule has 0 aliphatic carbocycles. The summed E-state index contributed by atoms with van der Waals surface area (Å²) in [5, 5.41) is 13.9. The number of nitrogens with zero attached hydrogens (tertiary/aromatic N) is 1. The van der Waals surface area contributed by atoms with Gasteiger partial charge in [0.25, 0.3) is 0 Å². The summed E-state index contributed by atoms with van der Waals surface area (Å²) >= 11 is 0. The van der Waals surface area contributed by atoms with Gasteiger partial charge in [-0.05, 0) is 19.3 Å². The lowest BCUT2D eigenvalue weighted by atomic mass is 10.0. The summed E-state index contributed by atoms with van der Waals surface area (Å²) in [7, 11) is 1.58. The number of quaternary nitrogens is 1. The molecule has 0 spiro atoms. The number of phosphoric acid groups is 1. The molecule has 8 nitrogen and oxygen atoms in total. The van der Waals surface area contributed by atoms with Crippen molar-refractivity contribution in [2.24, 2.45) is 0 Å². The topological polar surface area (TPSA) is 105 Å². The van der Waals surface area contributed by atoms with Crippen LogP contribution in [0.2, 0.25) is 0 Å². The number of amides is 1. The van der Waals surface area contributed by atoms with Crippen LogP contribution in [0.1, 0.15) is 245 Å². The average Bonchev–Trinajstić information content (AvgIpc) is 3.17. The maximum atomic E-state index is 12.9. The van der Waals surface area contributed by atoms with E-state index in [1.165, 1.54) is 193 Å². The van der Waals surface area contributed by atoms with Crippen LogP contribution >= 0.6 is 7.82 Å². The molecular weight excluding hydrogens is 744 g/mol. The monoisotopic (exact) mass is 844 g/mol. The Balaban J connectivity index is 4.28. The van der Waals surface area contributed by atoms with Gasteiger partial charge in [-0.3, -0.25) is 13.8 Å². The van der Waals surface area contributed by atoms with Gasteiger partial charge in [-0.25, -0.2) is 4.57 Å². The van der Waals surface area contributed by atoms with E-state index >= 15 is 0 Å². The summed E-state index contributed by atoms with van der Waals surface area (Å²) in [4.78, 5) is 23.2. The van der Waals surface area contributed by atoms with Gasteiger partial charge in [-0.1, -0.05) is 231 Å². The normalized spacial score (nSPS) is 14.3. The molecule has 3 N–H and O–H groups in total. The molecule has 0 aromatic carbocycles. The van der Waals surface area contributed by atoms with Crippen LogP contribution in [0.3, 0.4) is 0 Å². The Morgan fingerprint density at radius 3 is 1.28 bits per heavy atom. The number of aliphatic hydroxyl groups excluding tert-OH is 1. The quantitative estimate of drug-likeness (QED) is 0.0244. The van der Waals surface area contributed by atoms with Gasteiger partial charge in [0.15, 0.2) is 0 Å². The number of phosphoric ester groups is 1. The van der Waals surface area contributed by atoms with Gasteiger partial charge < -0.3 is 19.8 Å². The highest BCUT2D eigenvalue weighted by atomic mass is 31.2. The van der Waals surface area contributed by atoms with Crippen LogP contribution in [0.4, 0.5) is 0 Å². The summed E-state index contributed by atoms with van der Waals surface area (Å²) in [5.74, 6) is -0.173. The minimum atomic E-state index is -4.33. The third-order valence-corrected chi connectivity index (χ3v) is 12.5. The summed E-state index contributed by atoms with van der Waals surface area (Å²) in [6.07, 6.45) is 48.6. The molecule has 0 aliphatic heterocycles. The lowest BCUT2D eigenvalue weighted by Crippen LogP contribution is -2.45. The standard InChI is InChI=1S/C49H99N2O6P/c1-6-8-10-12-14-16-18-20-22-23-24-25-26-27-28-29-30-32-34-36-38-40-42-48(52)47(46-57-58(54,55)56-45-44-51(3,4)5)50-49(53)43-41-39-37-35-33-31-21-19-17-15-13-11-9-7-2/h40,42,47-48,52H,6-39,41,43-46H2,1-5H3,(H-,50,53,54,55)/p+1/b42-40+. The van der Waals surface area contributed by atoms with Crippen molar-refractivity contribution in [2.45, 2.75) is 257 Å². The number of rotatable bonds is 46. The van der Waals surface area contributed by atoms with E-state index in [1.54, 1.807) is 6.08 Å². The minimum absolute atomic E-state index is 0.0648. The smallest absolute Gasteiger partial charge is 0.387 e. The number of unbranched alkanes of at least 4 members (excludes halogenated alkanes) is 33. The van der Waals surface area contributed by atoms with Gasteiger partial charge in [-0.15, -0.1) is 0 Å². The highest BCUT2D eigenvalue weighted by molar-refractivity contribution is 7.47. The van der Waals surface area contributed by atoms with Crippen molar-refractivity contribution in [1.29, 1.82) is 0 Å². The van der Waals surface area contributed by atoms with E-state index in [0.717, 1.165) is 32.1 Å². The van der Waals surface area contributed by atoms with Crippen molar-refractivity contribution < 1.29 is 32.9 Å². The fourth-order valence-electron chi connectivity index (χ4n) is 7.51. The second-order valence-electron chi connectivity index (χ2n) is 18.6.